The molecule has 0 amide bonds. The van der Waals surface area contributed by atoms with Gasteiger partial charge in [-0.1, -0.05) is 13.8 Å². The summed E-state index contributed by atoms with van der Waals surface area (Å²) in [7, 11) is 0. The second-order valence-electron chi connectivity index (χ2n) is 2.97. The molecule has 1 heterocycles. The van der Waals surface area contributed by atoms with Gasteiger partial charge in [-0.2, -0.15) is 5.10 Å². The van der Waals surface area contributed by atoms with Crippen LogP contribution in [-0.2, 0) is 6.54 Å². The third-order valence-electron chi connectivity index (χ3n) is 1.71. The molecule has 0 aliphatic heterocycles. The molecule has 0 aliphatic carbocycles. The van der Waals surface area contributed by atoms with Crippen LogP contribution in [0.25, 0.3) is 0 Å². The number of aliphatic hydroxyl groups excluding tert-OH is 1. The summed E-state index contributed by atoms with van der Waals surface area (Å²) in [6.07, 6.45) is 4.00. The van der Waals surface area contributed by atoms with Crippen molar-refractivity contribution in [2.45, 2.75) is 26.3 Å². The molecule has 11 heavy (non-hydrogen) atoms. The lowest BCUT2D eigenvalue weighted by Gasteiger charge is -1.92. The summed E-state index contributed by atoms with van der Waals surface area (Å²) in [5.74, 6) is 0.547. The lowest BCUT2D eigenvalue weighted by Crippen LogP contribution is -2.36. The first kappa shape index (κ1) is 8.27. The normalized spacial score (nSPS) is 10.9. The molecule has 0 fully saturated rings. The van der Waals surface area contributed by atoms with E-state index in [0.29, 0.717) is 12.5 Å². The Morgan fingerprint density at radius 2 is 2.36 bits per heavy atom. The monoisotopic (exact) mass is 155 g/mol. The fourth-order valence-corrected chi connectivity index (χ4v) is 0.964. The highest BCUT2D eigenvalue weighted by Crippen LogP contribution is 2.09. The molecule has 1 rings (SSSR count). The first-order valence-electron chi connectivity index (χ1n) is 3.92. The number of aromatic nitrogens is 2. The zero-order valence-corrected chi connectivity index (χ0v) is 7.04. The Labute approximate surface area is 66.7 Å². The standard InChI is InChI=1S/C8H14N2O/c1-7(2)8-5-9-10(6-8)3-4-11/h5-7,11H,3-4H2,1-2H3/p+1. The van der Waals surface area contributed by atoms with Crippen LogP contribution < -0.4 is 4.68 Å². The van der Waals surface area contributed by atoms with Gasteiger partial charge in [0.05, 0.1) is 6.20 Å². The van der Waals surface area contributed by atoms with Crippen molar-refractivity contribution in [3.8, 4) is 0 Å². The van der Waals surface area contributed by atoms with E-state index in [1.54, 1.807) is 0 Å². The van der Waals surface area contributed by atoms with Gasteiger partial charge in [-0.05, 0) is 5.92 Å². The lowest BCUT2D eigenvalue weighted by atomic mass is 10.1. The van der Waals surface area contributed by atoms with Gasteiger partial charge in [-0.25, -0.2) is 0 Å². The van der Waals surface area contributed by atoms with Crippen molar-refractivity contribution in [2.24, 2.45) is 0 Å². The van der Waals surface area contributed by atoms with E-state index in [9.17, 15) is 0 Å². The summed E-state index contributed by atoms with van der Waals surface area (Å²) in [4.78, 5) is 0. The van der Waals surface area contributed by atoms with Gasteiger partial charge in [0.2, 0.25) is 0 Å². The van der Waals surface area contributed by atoms with Gasteiger partial charge in [-0.15, -0.1) is 4.68 Å². The highest BCUT2D eigenvalue weighted by atomic mass is 16.3. The predicted molar refractivity (Wildman–Crippen MR) is 42.2 cm³/mol. The van der Waals surface area contributed by atoms with Crippen LogP contribution in [0.5, 0.6) is 0 Å². The van der Waals surface area contributed by atoms with Crippen LogP contribution in [0.2, 0.25) is 0 Å². The average molecular weight is 155 g/mol. The number of hydrogen-bond donors (Lipinski definition) is 2. The van der Waals surface area contributed by atoms with Gasteiger partial charge in [0.15, 0.2) is 12.7 Å². The van der Waals surface area contributed by atoms with Crippen molar-refractivity contribution >= 4 is 0 Å². The summed E-state index contributed by atoms with van der Waals surface area (Å²) in [6.45, 7) is 5.12. The van der Waals surface area contributed by atoms with E-state index in [2.05, 4.69) is 18.9 Å². The lowest BCUT2D eigenvalue weighted by molar-refractivity contribution is -0.751. The minimum Gasteiger partial charge on any atom is -0.390 e. The number of rotatable bonds is 3. The highest BCUT2D eigenvalue weighted by molar-refractivity contribution is 5.04. The third kappa shape index (κ3) is 2.05. The Morgan fingerprint density at radius 1 is 1.64 bits per heavy atom. The number of H-pyrrole nitrogens is 1. The molecular weight excluding hydrogens is 140 g/mol. The highest BCUT2D eigenvalue weighted by Gasteiger charge is 2.07. The van der Waals surface area contributed by atoms with Crippen molar-refractivity contribution in [2.75, 3.05) is 6.61 Å². The van der Waals surface area contributed by atoms with E-state index >= 15 is 0 Å². The number of aromatic amines is 1. The molecule has 0 aliphatic rings. The van der Waals surface area contributed by atoms with Crippen LogP contribution in [0.15, 0.2) is 12.4 Å². The molecule has 3 heteroatoms. The molecule has 1 aromatic rings. The first-order chi connectivity index (χ1) is 5.24. The Kier molecular flexibility index (Phi) is 2.65. The first-order valence-corrected chi connectivity index (χ1v) is 3.92. The maximum Gasteiger partial charge on any atom is 0.198 e. The molecule has 0 saturated carbocycles. The number of nitrogens with one attached hydrogen (secondary N) is 1. The maximum absolute atomic E-state index is 8.63. The van der Waals surface area contributed by atoms with Crippen molar-refractivity contribution in [3.05, 3.63) is 18.0 Å². The van der Waals surface area contributed by atoms with Gasteiger partial charge in [0.1, 0.15) is 6.61 Å². The number of nitrogens with zero attached hydrogens (tertiary/aromatic N) is 1. The topological polar surface area (TPSA) is 39.9 Å². The minimum atomic E-state index is 0.183. The Bertz CT molecular complexity index is 218. The molecule has 0 bridgehead atoms. The van der Waals surface area contributed by atoms with Gasteiger partial charge >= 0.3 is 0 Å². The maximum atomic E-state index is 8.63. The largest absolute Gasteiger partial charge is 0.390 e. The third-order valence-corrected chi connectivity index (χ3v) is 1.71. The fraction of sp³-hybridized carbons (Fsp3) is 0.625. The Hall–Kier alpha value is -0.830. The summed E-state index contributed by atoms with van der Waals surface area (Å²) in [5, 5.41) is 11.7. The molecular formula is C8H15N2O+. The van der Waals surface area contributed by atoms with Crippen LogP contribution in [-0.4, -0.2) is 16.8 Å². The SMILES string of the molecule is CC(C)c1c[nH][n+](CCO)c1. The van der Waals surface area contributed by atoms with E-state index in [-0.39, 0.29) is 6.61 Å². The van der Waals surface area contributed by atoms with Gasteiger partial charge in [0, 0.05) is 5.56 Å². The van der Waals surface area contributed by atoms with E-state index < -0.39 is 0 Å². The molecule has 0 aromatic carbocycles. The van der Waals surface area contributed by atoms with Crippen LogP contribution in [0.3, 0.4) is 0 Å². The molecule has 0 unspecified atom stereocenters. The van der Waals surface area contributed by atoms with E-state index in [1.165, 1.54) is 5.56 Å². The van der Waals surface area contributed by atoms with Crippen molar-refractivity contribution in [1.82, 2.24) is 5.10 Å². The zero-order valence-electron chi connectivity index (χ0n) is 7.04. The number of aliphatic hydroxyl groups is 1. The minimum absolute atomic E-state index is 0.183. The second kappa shape index (κ2) is 3.53. The summed E-state index contributed by atoms with van der Waals surface area (Å²) in [6, 6.07) is 0. The van der Waals surface area contributed by atoms with Crippen LogP contribution in [0.4, 0.5) is 0 Å². The average Bonchev–Trinajstić information content (AvgIpc) is 2.37. The summed E-state index contributed by atoms with van der Waals surface area (Å²) < 4.78 is 1.88. The smallest absolute Gasteiger partial charge is 0.198 e. The van der Waals surface area contributed by atoms with Crippen LogP contribution in [0.1, 0.15) is 25.3 Å². The number of hydrogen-bond acceptors (Lipinski definition) is 1. The predicted octanol–water partition coefficient (Wildman–Crippen LogP) is 0.418. The summed E-state index contributed by atoms with van der Waals surface area (Å²) >= 11 is 0. The van der Waals surface area contributed by atoms with Crippen LogP contribution in [0, 0.1) is 0 Å². The zero-order chi connectivity index (χ0) is 8.27. The molecule has 3 nitrogen and oxygen atoms in total. The molecule has 0 atom stereocenters. The molecule has 0 radical (unpaired) electrons. The molecule has 0 saturated heterocycles. The molecule has 1 aromatic heterocycles. The van der Waals surface area contributed by atoms with E-state index in [0.717, 1.165) is 0 Å². The van der Waals surface area contributed by atoms with E-state index in [1.807, 2.05) is 17.1 Å². The van der Waals surface area contributed by atoms with Crippen molar-refractivity contribution in [1.29, 1.82) is 0 Å². The van der Waals surface area contributed by atoms with Gasteiger partial charge in [0.25, 0.3) is 0 Å². The van der Waals surface area contributed by atoms with Crippen molar-refractivity contribution < 1.29 is 9.79 Å². The van der Waals surface area contributed by atoms with Crippen LogP contribution >= 0.6 is 0 Å². The Balaban J connectivity index is 2.66. The second-order valence-corrected chi connectivity index (χ2v) is 2.97. The molecule has 62 valence electrons. The van der Waals surface area contributed by atoms with Crippen molar-refractivity contribution in [3.63, 3.8) is 0 Å². The van der Waals surface area contributed by atoms with E-state index in [4.69, 9.17) is 5.11 Å². The molecule has 0 spiro atoms. The fourth-order valence-electron chi connectivity index (χ4n) is 0.964. The van der Waals surface area contributed by atoms with Gasteiger partial charge < -0.3 is 5.11 Å². The molecule has 2 N–H and O–H groups in total. The van der Waals surface area contributed by atoms with Gasteiger partial charge in [-0.3, -0.25) is 0 Å². The summed E-state index contributed by atoms with van der Waals surface area (Å²) in [5.41, 5.74) is 1.28. The Morgan fingerprint density at radius 3 is 2.82 bits per heavy atom. The quantitative estimate of drug-likeness (QED) is 0.610.